The Morgan fingerprint density at radius 3 is 2.81 bits per heavy atom. The second-order valence-corrected chi connectivity index (χ2v) is 3.99. The molecule has 1 heterocycles. The van der Waals surface area contributed by atoms with Gasteiger partial charge in [0, 0.05) is 12.2 Å². The van der Waals surface area contributed by atoms with Crippen molar-refractivity contribution in [3.8, 4) is 0 Å². The maximum absolute atomic E-state index is 4.07. The quantitative estimate of drug-likeness (QED) is 0.717. The van der Waals surface area contributed by atoms with E-state index in [0.29, 0.717) is 6.04 Å². The van der Waals surface area contributed by atoms with E-state index in [1.807, 2.05) is 12.3 Å². The topological polar surface area (TPSA) is 37.8 Å². The molecule has 0 radical (unpaired) electrons. The lowest BCUT2D eigenvalue weighted by Gasteiger charge is -2.19. The van der Waals surface area contributed by atoms with E-state index in [2.05, 4.69) is 35.9 Å². The molecule has 1 aromatic rings. The Kier molecular flexibility index (Phi) is 5.72. The molecule has 88 valence electrons. The lowest BCUT2D eigenvalue weighted by atomic mass is 10.00. The standard InChI is InChI=1S/C13H21N3/c1-4-7-14-13(9-11(3)5-2)12-6-8-15-16-10-12/h6,8,10,13-14H,3-5,7,9H2,1-2H3. The zero-order valence-electron chi connectivity index (χ0n) is 10.2. The van der Waals surface area contributed by atoms with Gasteiger partial charge in [-0.1, -0.05) is 26.0 Å². The predicted molar refractivity (Wildman–Crippen MR) is 67.1 cm³/mol. The van der Waals surface area contributed by atoms with E-state index in [9.17, 15) is 0 Å². The van der Waals surface area contributed by atoms with Gasteiger partial charge in [0.1, 0.15) is 0 Å². The Morgan fingerprint density at radius 2 is 2.25 bits per heavy atom. The molecule has 16 heavy (non-hydrogen) atoms. The summed E-state index contributed by atoms with van der Waals surface area (Å²) in [6.07, 6.45) is 6.71. The number of nitrogens with one attached hydrogen (secondary N) is 1. The molecule has 0 aliphatic carbocycles. The lowest BCUT2D eigenvalue weighted by molar-refractivity contribution is 0.521. The Morgan fingerprint density at radius 1 is 1.44 bits per heavy atom. The van der Waals surface area contributed by atoms with Crippen LogP contribution in [0.25, 0.3) is 0 Å². The Balaban J connectivity index is 2.67. The van der Waals surface area contributed by atoms with E-state index in [0.717, 1.165) is 25.8 Å². The van der Waals surface area contributed by atoms with Gasteiger partial charge in [-0.05, 0) is 37.4 Å². The van der Waals surface area contributed by atoms with Crippen LogP contribution in [-0.4, -0.2) is 16.7 Å². The summed E-state index contributed by atoms with van der Waals surface area (Å²) in [5.41, 5.74) is 2.46. The molecular formula is C13H21N3. The molecule has 0 saturated heterocycles. The summed E-state index contributed by atoms with van der Waals surface area (Å²) < 4.78 is 0. The first-order valence-electron chi connectivity index (χ1n) is 5.94. The van der Waals surface area contributed by atoms with Gasteiger partial charge in [-0.25, -0.2) is 0 Å². The number of aromatic nitrogens is 2. The van der Waals surface area contributed by atoms with Crippen molar-refractivity contribution in [1.82, 2.24) is 15.5 Å². The molecule has 1 atom stereocenters. The first-order valence-corrected chi connectivity index (χ1v) is 5.94. The SMILES string of the molecule is C=C(CC)CC(NCCC)c1ccnnc1. The van der Waals surface area contributed by atoms with E-state index in [-0.39, 0.29) is 0 Å². The minimum absolute atomic E-state index is 0.322. The van der Waals surface area contributed by atoms with Crippen molar-refractivity contribution >= 4 is 0 Å². The molecule has 0 amide bonds. The number of hydrogen-bond donors (Lipinski definition) is 1. The van der Waals surface area contributed by atoms with Gasteiger partial charge in [0.2, 0.25) is 0 Å². The average Bonchev–Trinajstić information content (AvgIpc) is 2.35. The Labute approximate surface area is 98.0 Å². The normalized spacial score (nSPS) is 12.4. The van der Waals surface area contributed by atoms with Gasteiger partial charge in [0.25, 0.3) is 0 Å². The molecule has 0 bridgehead atoms. The van der Waals surface area contributed by atoms with Crippen LogP contribution in [0.15, 0.2) is 30.6 Å². The van der Waals surface area contributed by atoms with E-state index in [4.69, 9.17) is 0 Å². The van der Waals surface area contributed by atoms with Gasteiger partial charge in [-0.15, -0.1) is 0 Å². The fourth-order valence-electron chi connectivity index (χ4n) is 1.57. The predicted octanol–water partition coefficient (Wildman–Crippen LogP) is 2.87. The highest BCUT2D eigenvalue weighted by Crippen LogP contribution is 2.20. The van der Waals surface area contributed by atoms with Crippen LogP contribution < -0.4 is 5.32 Å². The van der Waals surface area contributed by atoms with Crippen LogP contribution >= 0.6 is 0 Å². The first kappa shape index (κ1) is 12.8. The highest BCUT2D eigenvalue weighted by Gasteiger charge is 2.11. The van der Waals surface area contributed by atoms with Crippen LogP contribution in [0, 0.1) is 0 Å². The van der Waals surface area contributed by atoms with Crippen LogP contribution in [-0.2, 0) is 0 Å². The maximum atomic E-state index is 4.07. The maximum Gasteiger partial charge on any atom is 0.0544 e. The molecule has 0 aromatic carbocycles. The summed E-state index contributed by atoms with van der Waals surface area (Å²) in [6, 6.07) is 2.34. The molecule has 0 fully saturated rings. The summed E-state index contributed by atoms with van der Waals surface area (Å²) in [5, 5.41) is 11.3. The van der Waals surface area contributed by atoms with E-state index >= 15 is 0 Å². The van der Waals surface area contributed by atoms with Crippen LogP contribution in [0.1, 0.15) is 44.7 Å². The van der Waals surface area contributed by atoms with Crippen LogP contribution in [0.2, 0.25) is 0 Å². The Hall–Kier alpha value is -1.22. The van der Waals surface area contributed by atoms with E-state index < -0.39 is 0 Å². The second-order valence-electron chi connectivity index (χ2n) is 3.99. The molecule has 0 spiro atoms. The smallest absolute Gasteiger partial charge is 0.0544 e. The van der Waals surface area contributed by atoms with Crippen molar-refractivity contribution in [3.63, 3.8) is 0 Å². The van der Waals surface area contributed by atoms with Crippen LogP contribution in [0.3, 0.4) is 0 Å². The van der Waals surface area contributed by atoms with E-state index in [1.165, 1.54) is 11.1 Å². The third kappa shape index (κ3) is 4.11. The molecule has 0 aliphatic rings. The molecule has 3 nitrogen and oxygen atoms in total. The monoisotopic (exact) mass is 219 g/mol. The minimum atomic E-state index is 0.322. The summed E-state index contributed by atoms with van der Waals surface area (Å²) >= 11 is 0. The Bertz CT molecular complexity index is 308. The molecule has 1 aromatic heterocycles. The van der Waals surface area contributed by atoms with Gasteiger partial charge in [-0.3, -0.25) is 0 Å². The molecule has 3 heteroatoms. The molecule has 0 saturated carbocycles. The minimum Gasteiger partial charge on any atom is -0.310 e. The van der Waals surface area contributed by atoms with Crippen LogP contribution in [0.4, 0.5) is 0 Å². The fourth-order valence-corrected chi connectivity index (χ4v) is 1.57. The van der Waals surface area contributed by atoms with Gasteiger partial charge in [0.15, 0.2) is 0 Å². The molecule has 1 unspecified atom stereocenters. The van der Waals surface area contributed by atoms with Crippen molar-refractivity contribution < 1.29 is 0 Å². The largest absolute Gasteiger partial charge is 0.310 e. The summed E-state index contributed by atoms with van der Waals surface area (Å²) in [7, 11) is 0. The number of hydrogen-bond acceptors (Lipinski definition) is 3. The molecule has 0 aliphatic heterocycles. The van der Waals surface area contributed by atoms with Crippen molar-refractivity contribution in [2.24, 2.45) is 0 Å². The van der Waals surface area contributed by atoms with Crippen molar-refractivity contribution in [1.29, 1.82) is 0 Å². The fraction of sp³-hybridized carbons (Fsp3) is 0.538. The van der Waals surface area contributed by atoms with Gasteiger partial charge >= 0.3 is 0 Å². The third-order valence-electron chi connectivity index (χ3n) is 2.64. The zero-order chi connectivity index (χ0) is 11.8. The molecular weight excluding hydrogens is 198 g/mol. The van der Waals surface area contributed by atoms with Crippen molar-refractivity contribution in [2.75, 3.05) is 6.54 Å². The highest BCUT2D eigenvalue weighted by molar-refractivity contribution is 5.14. The highest BCUT2D eigenvalue weighted by atomic mass is 15.1. The summed E-state index contributed by atoms with van der Waals surface area (Å²) in [6.45, 7) is 9.40. The van der Waals surface area contributed by atoms with Crippen LogP contribution in [0.5, 0.6) is 0 Å². The van der Waals surface area contributed by atoms with Gasteiger partial charge in [-0.2, -0.15) is 10.2 Å². The lowest BCUT2D eigenvalue weighted by Crippen LogP contribution is -2.22. The average molecular weight is 219 g/mol. The van der Waals surface area contributed by atoms with Gasteiger partial charge < -0.3 is 5.32 Å². The number of rotatable bonds is 7. The third-order valence-corrected chi connectivity index (χ3v) is 2.64. The zero-order valence-corrected chi connectivity index (χ0v) is 10.2. The summed E-state index contributed by atoms with van der Waals surface area (Å²) in [4.78, 5) is 0. The second kappa shape index (κ2) is 7.12. The van der Waals surface area contributed by atoms with Crippen molar-refractivity contribution in [3.05, 3.63) is 36.2 Å². The molecule has 1 rings (SSSR count). The summed E-state index contributed by atoms with van der Waals surface area (Å²) in [5.74, 6) is 0. The van der Waals surface area contributed by atoms with Gasteiger partial charge in [0.05, 0.1) is 6.20 Å². The molecule has 1 N–H and O–H groups in total. The van der Waals surface area contributed by atoms with E-state index in [1.54, 1.807) is 6.20 Å². The number of nitrogens with zero attached hydrogens (tertiary/aromatic N) is 2. The first-order chi connectivity index (χ1) is 7.77. The van der Waals surface area contributed by atoms with Crippen molar-refractivity contribution in [2.45, 2.75) is 39.2 Å².